The molecule has 146 valence electrons. The number of anilines is 1. The van der Waals surface area contributed by atoms with E-state index in [4.69, 9.17) is 5.73 Å². The molecule has 27 heavy (non-hydrogen) atoms. The minimum Gasteiger partial charge on any atom is -0.336 e. The highest BCUT2D eigenvalue weighted by atomic mass is 35.5. The first-order valence-electron chi connectivity index (χ1n) is 8.43. The number of halogens is 1. The number of sulfonamides is 1. The van der Waals surface area contributed by atoms with Crippen molar-refractivity contribution in [1.29, 1.82) is 0 Å². The number of carbonyl (C=O) groups excluding carboxylic acids is 1. The molecule has 2 atom stereocenters. The first-order chi connectivity index (χ1) is 12.2. The molecule has 0 unspecified atom stereocenters. The summed E-state index contributed by atoms with van der Waals surface area (Å²) in [4.78, 5) is 14.8. The highest BCUT2D eigenvalue weighted by molar-refractivity contribution is 7.92. The largest absolute Gasteiger partial charge is 0.336 e. The minimum atomic E-state index is -3.48. The monoisotopic (exact) mass is 409 g/mol. The lowest BCUT2D eigenvalue weighted by Crippen LogP contribution is -2.32. The maximum Gasteiger partial charge on any atom is 0.256 e. The van der Waals surface area contributed by atoms with Crippen molar-refractivity contribution in [2.45, 2.75) is 18.9 Å². The summed E-state index contributed by atoms with van der Waals surface area (Å²) in [5, 5.41) is 0. The molecule has 1 saturated heterocycles. The van der Waals surface area contributed by atoms with Crippen molar-refractivity contribution in [3.8, 4) is 0 Å². The SMILES string of the molecule is Cc1ccc(NS(C)(=O)=O)c(C(=O)N2C[C@@H](N)[C@H](c3ccccc3)C2)c1.Cl. The van der Waals surface area contributed by atoms with E-state index in [1.54, 1.807) is 23.1 Å². The van der Waals surface area contributed by atoms with E-state index < -0.39 is 10.0 Å². The Morgan fingerprint density at radius 1 is 1.15 bits per heavy atom. The van der Waals surface area contributed by atoms with Gasteiger partial charge >= 0.3 is 0 Å². The molecule has 2 aromatic rings. The lowest BCUT2D eigenvalue weighted by Gasteiger charge is -2.19. The molecule has 1 aliphatic heterocycles. The second-order valence-electron chi connectivity index (χ2n) is 6.81. The van der Waals surface area contributed by atoms with E-state index in [1.807, 2.05) is 37.3 Å². The van der Waals surface area contributed by atoms with Crippen LogP contribution in [0.2, 0.25) is 0 Å². The van der Waals surface area contributed by atoms with Crippen molar-refractivity contribution < 1.29 is 13.2 Å². The highest BCUT2D eigenvalue weighted by Crippen LogP contribution is 2.29. The third-order valence-corrected chi connectivity index (χ3v) is 5.17. The molecule has 0 bridgehead atoms. The van der Waals surface area contributed by atoms with Crippen molar-refractivity contribution in [1.82, 2.24) is 4.90 Å². The number of aryl methyl sites for hydroxylation is 1. The molecule has 0 aliphatic carbocycles. The summed E-state index contributed by atoms with van der Waals surface area (Å²) >= 11 is 0. The summed E-state index contributed by atoms with van der Waals surface area (Å²) in [6.45, 7) is 2.81. The quantitative estimate of drug-likeness (QED) is 0.810. The van der Waals surface area contributed by atoms with Crippen molar-refractivity contribution >= 4 is 34.0 Å². The molecule has 1 aliphatic rings. The number of nitrogens with zero attached hydrogens (tertiary/aromatic N) is 1. The number of nitrogens with two attached hydrogens (primary N) is 1. The van der Waals surface area contributed by atoms with Crippen LogP contribution in [0.1, 0.15) is 27.4 Å². The van der Waals surface area contributed by atoms with Crippen LogP contribution in [0.25, 0.3) is 0 Å². The Hall–Kier alpha value is -2.09. The fourth-order valence-electron chi connectivity index (χ4n) is 3.34. The van der Waals surface area contributed by atoms with Gasteiger partial charge in [-0.25, -0.2) is 8.42 Å². The number of hydrogen-bond donors (Lipinski definition) is 2. The van der Waals surface area contributed by atoms with E-state index in [-0.39, 0.29) is 30.3 Å². The first kappa shape index (κ1) is 21.2. The summed E-state index contributed by atoms with van der Waals surface area (Å²) in [5.41, 5.74) is 8.91. The average Bonchev–Trinajstić information content (AvgIpc) is 2.97. The van der Waals surface area contributed by atoms with Gasteiger partial charge in [-0.1, -0.05) is 42.0 Å². The van der Waals surface area contributed by atoms with Crippen LogP contribution in [-0.4, -0.2) is 44.6 Å². The number of carbonyl (C=O) groups is 1. The molecular weight excluding hydrogens is 386 g/mol. The van der Waals surface area contributed by atoms with Gasteiger partial charge in [0.05, 0.1) is 17.5 Å². The number of likely N-dealkylation sites (tertiary alicyclic amines) is 1. The number of hydrogen-bond acceptors (Lipinski definition) is 4. The Bertz CT molecular complexity index is 919. The van der Waals surface area contributed by atoms with E-state index in [9.17, 15) is 13.2 Å². The normalized spacial score (nSPS) is 19.4. The minimum absolute atomic E-state index is 0. The molecule has 8 heteroatoms. The van der Waals surface area contributed by atoms with E-state index in [1.165, 1.54) is 0 Å². The number of amides is 1. The van der Waals surface area contributed by atoms with Crippen LogP contribution in [0.5, 0.6) is 0 Å². The van der Waals surface area contributed by atoms with E-state index in [0.717, 1.165) is 17.4 Å². The van der Waals surface area contributed by atoms with E-state index >= 15 is 0 Å². The van der Waals surface area contributed by atoms with Gasteiger partial charge in [0.2, 0.25) is 10.0 Å². The predicted octanol–water partition coefficient (Wildman–Crippen LogP) is 2.36. The van der Waals surface area contributed by atoms with Crippen LogP contribution in [0, 0.1) is 6.92 Å². The molecule has 3 rings (SSSR count). The topological polar surface area (TPSA) is 92.5 Å². The number of benzene rings is 2. The van der Waals surface area contributed by atoms with Crippen molar-refractivity contribution in [3.05, 3.63) is 65.2 Å². The Morgan fingerprint density at radius 3 is 2.44 bits per heavy atom. The van der Waals surface area contributed by atoms with Crippen LogP contribution >= 0.6 is 12.4 Å². The Morgan fingerprint density at radius 2 is 1.81 bits per heavy atom. The van der Waals surface area contributed by atoms with Gasteiger partial charge in [-0.05, 0) is 24.6 Å². The lowest BCUT2D eigenvalue weighted by molar-refractivity contribution is 0.0790. The van der Waals surface area contributed by atoms with Crippen molar-refractivity contribution in [2.24, 2.45) is 5.73 Å². The number of rotatable bonds is 4. The maximum atomic E-state index is 13.1. The summed E-state index contributed by atoms with van der Waals surface area (Å²) in [6, 6.07) is 14.8. The summed E-state index contributed by atoms with van der Waals surface area (Å²) in [7, 11) is -3.48. The molecule has 2 aromatic carbocycles. The van der Waals surface area contributed by atoms with E-state index in [2.05, 4.69) is 4.72 Å². The van der Waals surface area contributed by atoms with Gasteiger partial charge in [0.25, 0.3) is 5.91 Å². The van der Waals surface area contributed by atoms with Gasteiger partial charge in [-0.2, -0.15) is 0 Å². The molecule has 6 nitrogen and oxygen atoms in total. The first-order valence-corrected chi connectivity index (χ1v) is 10.3. The Balaban J connectivity index is 0.00000261. The fourth-order valence-corrected chi connectivity index (χ4v) is 3.92. The van der Waals surface area contributed by atoms with Gasteiger partial charge in [0, 0.05) is 25.0 Å². The molecule has 0 aromatic heterocycles. The third-order valence-electron chi connectivity index (χ3n) is 4.58. The molecule has 0 radical (unpaired) electrons. The van der Waals surface area contributed by atoms with Crippen LogP contribution in [0.4, 0.5) is 5.69 Å². The second-order valence-corrected chi connectivity index (χ2v) is 8.56. The Labute approximate surface area is 166 Å². The van der Waals surface area contributed by atoms with Gasteiger partial charge < -0.3 is 10.6 Å². The predicted molar refractivity (Wildman–Crippen MR) is 110 cm³/mol. The van der Waals surface area contributed by atoms with Gasteiger partial charge in [-0.3, -0.25) is 9.52 Å². The number of nitrogens with one attached hydrogen (secondary N) is 1. The van der Waals surface area contributed by atoms with Crippen LogP contribution in [0.15, 0.2) is 48.5 Å². The van der Waals surface area contributed by atoms with Crippen molar-refractivity contribution in [3.63, 3.8) is 0 Å². The Kier molecular flexibility index (Phi) is 6.51. The molecule has 1 fully saturated rings. The molecule has 1 heterocycles. The maximum absolute atomic E-state index is 13.1. The van der Waals surface area contributed by atoms with Gasteiger partial charge in [-0.15, -0.1) is 12.4 Å². The average molecular weight is 410 g/mol. The third kappa shape index (κ3) is 5.00. The molecule has 3 N–H and O–H groups in total. The summed E-state index contributed by atoms with van der Waals surface area (Å²) in [6.07, 6.45) is 1.07. The second kappa shape index (κ2) is 8.29. The molecule has 0 spiro atoms. The highest BCUT2D eigenvalue weighted by Gasteiger charge is 2.35. The van der Waals surface area contributed by atoms with Crippen LogP contribution in [0.3, 0.4) is 0 Å². The molecule has 1 amide bonds. The zero-order chi connectivity index (χ0) is 18.9. The summed E-state index contributed by atoms with van der Waals surface area (Å²) in [5.74, 6) is -0.148. The zero-order valence-electron chi connectivity index (χ0n) is 15.3. The zero-order valence-corrected chi connectivity index (χ0v) is 16.9. The lowest BCUT2D eigenvalue weighted by atomic mass is 9.95. The molecule has 0 saturated carbocycles. The van der Waals surface area contributed by atoms with Gasteiger partial charge in [0.1, 0.15) is 0 Å². The standard InChI is InChI=1S/C19H23N3O3S.ClH/c1-13-8-9-18(21-26(2,24)25)15(10-13)19(23)22-11-16(17(20)12-22)14-6-4-3-5-7-14;/h3-10,16-17,21H,11-12,20H2,1-2H3;1H/t16-,17+;/m0./s1. The molecular formula is C19H24ClN3O3S. The fraction of sp³-hybridized carbons (Fsp3) is 0.316. The van der Waals surface area contributed by atoms with Crippen LogP contribution < -0.4 is 10.5 Å². The summed E-state index contributed by atoms with van der Waals surface area (Å²) < 4.78 is 25.7. The smallest absolute Gasteiger partial charge is 0.256 e. The van der Waals surface area contributed by atoms with E-state index in [0.29, 0.717) is 24.3 Å². The van der Waals surface area contributed by atoms with Crippen LogP contribution in [-0.2, 0) is 10.0 Å². The van der Waals surface area contributed by atoms with Crippen molar-refractivity contribution in [2.75, 3.05) is 24.1 Å². The van der Waals surface area contributed by atoms with Gasteiger partial charge in [0.15, 0.2) is 0 Å².